The first-order valence-electron chi connectivity index (χ1n) is 6.69. The Labute approximate surface area is 129 Å². The molecular weight excluding hydrogens is 288 g/mol. The molecule has 0 aliphatic heterocycles. The molecule has 0 saturated heterocycles. The number of nitrogen functional groups attached to an aromatic ring is 1. The summed E-state index contributed by atoms with van der Waals surface area (Å²) >= 11 is 5.98. The van der Waals surface area contributed by atoms with E-state index < -0.39 is 0 Å². The summed E-state index contributed by atoms with van der Waals surface area (Å²) in [5.41, 5.74) is 12.3. The minimum Gasteiger partial charge on any atom is -0.489 e. The zero-order valence-corrected chi connectivity index (χ0v) is 12.9. The van der Waals surface area contributed by atoms with Crippen LogP contribution in [0.15, 0.2) is 36.4 Å². The van der Waals surface area contributed by atoms with E-state index in [2.05, 4.69) is 5.48 Å². The highest BCUT2D eigenvalue weighted by Crippen LogP contribution is 2.28. The molecule has 2 rings (SSSR count). The van der Waals surface area contributed by atoms with E-state index in [-0.39, 0.29) is 0 Å². The monoisotopic (exact) mass is 306 g/mol. The third-order valence-electron chi connectivity index (χ3n) is 2.94. The normalized spacial score (nSPS) is 10.4. The standard InChI is InChI=1S/C16H19ClN2O2/c1-11-4-3-5-13(8-11)19-21-7-6-20-16-9-12(2)14(17)10-15(16)18/h3-5,8-10,19H,6-7,18H2,1-2H3. The van der Waals surface area contributed by atoms with Crippen LogP contribution < -0.4 is 16.0 Å². The van der Waals surface area contributed by atoms with E-state index in [1.165, 1.54) is 5.56 Å². The summed E-state index contributed by atoms with van der Waals surface area (Å²) in [6.45, 7) is 4.73. The molecule has 21 heavy (non-hydrogen) atoms. The predicted molar refractivity (Wildman–Crippen MR) is 86.9 cm³/mol. The van der Waals surface area contributed by atoms with Crippen molar-refractivity contribution in [2.45, 2.75) is 13.8 Å². The molecule has 0 aliphatic rings. The van der Waals surface area contributed by atoms with Crippen LogP contribution in [0.3, 0.4) is 0 Å². The van der Waals surface area contributed by atoms with Crippen LogP contribution >= 0.6 is 11.6 Å². The van der Waals surface area contributed by atoms with Gasteiger partial charge in [0.15, 0.2) is 0 Å². The van der Waals surface area contributed by atoms with E-state index in [0.717, 1.165) is 11.3 Å². The second-order valence-electron chi connectivity index (χ2n) is 4.81. The molecule has 0 bridgehead atoms. The zero-order valence-electron chi connectivity index (χ0n) is 12.2. The molecule has 0 aliphatic carbocycles. The number of rotatable bonds is 6. The largest absolute Gasteiger partial charge is 0.489 e. The van der Waals surface area contributed by atoms with E-state index >= 15 is 0 Å². The van der Waals surface area contributed by atoms with Gasteiger partial charge in [-0.1, -0.05) is 23.7 Å². The van der Waals surface area contributed by atoms with Crippen LogP contribution in [0.4, 0.5) is 11.4 Å². The van der Waals surface area contributed by atoms with Crippen molar-refractivity contribution in [1.82, 2.24) is 0 Å². The molecule has 0 heterocycles. The van der Waals surface area contributed by atoms with Crippen molar-refractivity contribution in [1.29, 1.82) is 0 Å². The van der Waals surface area contributed by atoms with Gasteiger partial charge in [-0.25, -0.2) is 0 Å². The fourth-order valence-electron chi connectivity index (χ4n) is 1.83. The van der Waals surface area contributed by atoms with Crippen LogP contribution in [-0.4, -0.2) is 13.2 Å². The molecule has 2 aromatic carbocycles. The van der Waals surface area contributed by atoms with Crippen molar-refractivity contribution in [3.63, 3.8) is 0 Å². The molecule has 0 unspecified atom stereocenters. The second-order valence-corrected chi connectivity index (χ2v) is 5.21. The van der Waals surface area contributed by atoms with Crippen LogP contribution in [-0.2, 0) is 4.84 Å². The van der Waals surface area contributed by atoms with E-state index in [1.807, 2.05) is 44.2 Å². The van der Waals surface area contributed by atoms with Crippen LogP contribution in [0.1, 0.15) is 11.1 Å². The zero-order chi connectivity index (χ0) is 15.2. The Kier molecular flexibility index (Phi) is 5.31. The summed E-state index contributed by atoms with van der Waals surface area (Å²) in [5.74, 6) is 0.621. The maximum absolute atomic E-state index is 5.98. The lowest BCUT2D eigenvalue weighted by molar-refractivity contribution is 0.144. The number of aryl methyl sites for hydroxylation is 2. The van der Waals surface area contributed by atoms with Gasteiger partial charge in [0.1, 0.15) is 19.0 Å². The Morgan fingerprint density at radius 1 is 1.14 bits per heavy atom. The highest BCUT2D eigenvalue weighted by molar-refractivity contribution is 6.31. The first-order chi connectivity index (χ1) is 10.1. The molecule has 3 N–H and O–H groups in total. The van der Waals surface area contributed by atoms with Crippen molar-refractivity contribution in [2.75, 3.05) is 24.4 Å². The van der Waals surface area contributed by atoms with Gasteiger partial charge < -0.3 is 10.5 Å². The smallest absolute Gasteiger partial charge is 0.142 e. The molecule has 0 amide bonds. The van der Waals surface area contributed by atoms with Crippen molar-refractivity contribution in [3.8, 4) is 5.75 Å². The maximum atomic E-state index is 5.98. The molecule has 5 heteroatoms. The summed E-state index contributed by atoms with van der Waals surface area (Å²) in [6.07, 6.45) is 0. The van der Waals surface area contributed by atoms with Crippen LogP contribution in [0.2, 0.25) is 5.02 Å². The average molecular weight is 307 g/mol. The fourth-order valence-corrected chi connectivity index (χ4v) is 2.00. The van der Waals surface area contributed by atoms with E-state index in [1.54, 1.807) is 6.07 Å². The van der Waals surface area contributed by atoms with Crippen LogP contribution in [0, 0.1) is 13.8 Å². The molecule has 0 saturated carbocycles. The molecule has 0 fully saturated rings. The van der Waals surface area contributed by atoms with Crippen molar-refractivity contribution in [3.05, 3.63) is 52.5 Å². The van der Waals surface area contributed by atoms with Crippen LogP contribution in [0.5, 0.6) is 5.75 Å². The molecule has 0 aromatic heterocycles. The molecule has 4 nitrogen and oxygen atoms in total. The molecular formula is C16H19ClN2O2. The summed E-state index contributed by atoms with van der Waals surface area (Å²) in [6, 6.07) is 11.5. The SMILES string of the molecule is Cc1cccc(NOCCOc2cc(C)c(Cl)cc2N)c1. The van der Waals surface area contributed by atoms with E-state index in [0.29, 0.717) is 29.7 Å². The van der Waals surface area contributed by atoms with Gasteiger partial charge in [-0.3, -0.25) is 10.3 Å². The lowest BCUT2D eigenvalue weighted by Crippen LogP contribution is -2.11. The molecule has 0 spiro atoms. The van der Waals surface area contributed by atoms with Gasteiger partial charge in [-0.05, 0) is 49.2 Å². The summed E-state index contributed by atoms with van der Waals surface area (Å²) in [7, 11) is 0. The van der Waals surface area contributed by atoms with Gasteiger partial charge in [-0.2, -0.15) is 0 Å². The van der Waals surface area contributed by atoms with Gasteiger partial charge in [0.25, 0.3) is 0 Å². The number of benzene rings is 2. The number of halogens is 1. The van der Waals surface area contributed by atoms with Gasteiger partial charge >= 0.3 is 0 Å². The highest BCUT2D eigenvalue weighted by Gasteiger charge is 2.04. The van der Waals surface area contributed by atoms with E-state index in [9.17, 15) is 0 Å². The topological polar surface area (TPSA) is 56.5 Å². The Morgan fingerprint density at radius 2 is 1.95 bits per heavy atom. The van der Waals surface area contributed by atoms with Gasteiger partial charge in [-0.15, -0.1) is 0 Å². The van der Waals surface area contributed by atoms with Crippen LogP contribution in [0.25, 0.3) is 0 Å². The van der Waals surface area contributed by atoms with Gasteiger partial charge in [0.05, 0.1) is 11.4 Å². The van der Waals surface area contributed by atoms with Crippen molar-refractivity contribution in [2.24, 2.45) is 0 Å². The predicted octanol–water partition coefficient (Wildman–Crippen LogP) is 3.96. The quantitative estimate of drug-likeness (QED) is 0.482. The molecule has 2 aromatic rings. The number of hydrogen-bond donors (Lipinski definition) is 2. The Balaban J connectivity index is 1.76. The average Bonchev–Trinajstić information content (AvgIpc) is 2.44. The van der Waals surface area contributed by atoms with Crippen molar-refractivity contribution >= 4 is 23.0 Å². The fraction of sp³-hybridized carbons (Fsp3) is 0.250. The Bertz CT molecular complexity index is 617. The lowest BCUT2D eigenvalue weighted by atomic mass is 10.2. The minimum atomic E-state index is 0.393. The number of anilines is 2. The molecule has 0 radical (unpaired) electrons. The maximum Gasteiger partial charge on any atom is 0.142 e. The van der Waals surface area contributed by atoms with Gasteiger partial charge in [0.2, 0.25) is 0 Å². The lowest BCUT2D eigenvalue weighted by Gasteiger charge is -2.11. The first-order valence-corrected chi connectivity index (χ1v) is 7.07. The van der Waals surface area contributed by atoms with Crippen molar-refractivity contribution < 1.29 is 9.57 Å². The third-order valence-corrected chi connectivity index (χ3v) is 3.35. The minimum absolute atomic E-state index is 0.393. The summed E-state index contributed by atoms with van der Waals surface area (Å²) in [5, 5.41) is 0.636. The number of nitrogens with two attached hydrogens (primary N) is 1. The molecule has 112 valence electrons. The highest BCUT2D eigenvalue weighted by atomic mass is 35.5. The Hall–Kier alpha value is -1.91. The summed E-state index contributed by atoms with van der Waals surface area (Å²) < 4.78 is 5.59. The van der Waals surface area contributed by atoms with E-state index in [4.69, 9.17) is 26.9 Å². The Morgan fingerprint density at radius 3 is 2.71 bits per heavy atom. The second kappa shape index (κ2) is 7.20. The first kappa shape index (κ1) is 15.5. The third kappa shape index (κ3) is 4.55. The molecule has 0 atom stereocenters. The summed E-state index contributed by atoms with van der Waals surface area (Å²) in [4.78, 5) is 5.35. The number of hydrogen-bond acceptors (Lipinski definition) is 4. The van der Waals surface area contributed by atoms with Gasteiger partial charge in [0, 0.05) is 5.02 Å². The number of nitrogens with one attached hydrogen (secondary N) is 1. The number of ether oxygens (including phenoxy) is 1.